The van der Waals surface area contributed by atoms with Gasteiger partial charge in [-0.3, -0.25) is 9.69 Å². The molecule has 12 heteroatoms. The number of imide groups is 1. The van der Waals surface area contributed by atoms with Gasteiger partial charge in [-0.2, -0.15) is 0 Å². The summed E-state index contributed by atoms with van der Waals surface area (Å²) in [5, 5.41) is 19.9. The van der Waals surface area contributed by atoms with Gasteiger partial charge in [0.15, 0.2) is 5.84 Å². The number of nitrogens with one attached hydrogen (secondary N) is 2. The number of hydrogen-bond acceptors (Lipinski definition) is 7. The molecule has 0 radical (unpaired) electrons. The molecule has 2 aromatic rings. The second-order valence-corrected chi connectivity index (χ2v) is 9.85. The van der Waals surface area contributed by atoms with Crippen LogP contribution >= 0.6 is 11.6 Å². The Morgan fingerprint density at radius 3 is 2.64 bits per heavy atom. The SMILES string of the molecule is CCC(NC(=O)N1C/C(=N/OC(C)C)NCC(Cc2cc(Cl)ccc2OC)C1=O)c1ccc(C(=O)O)c(N)c1. The number of nitrogens with two attached hydrogens (primary N) is 1. The molecule has 0 saturated carbocycles. The zero-order chi connectivity index (χ0) is 28.7. The number of halogens is 1. The Hall–Kier alpha value is -3.99. The summed E-state index contributed by atoms with van der Waals surface area (Å²) >= 11 is 6.20. The summed E-state index contributed by atoms with van der Waals surface area (Å²) in [6.45, 7) is 5.57. The molecule has 0 spiro atoms. The second kappa shape index (κ2) is 13.2. The van der Waals surface area contributed by atoms with Gasteiger partial charge in [-0.25, -0.2) is 9.59 Å². The first-order valence-electron chi connectivity index (χ1n) is 12.6. The van der Waals surface area contributed by atoms with Crippen LogP contribution in [0.5, 0.6) is 5.75 Å². The van der Waals surface area contributed by atoms with Gasteiger partial charge in [0.05, 0.1) is 31.2 Å². The number of benzene rings is 2. The summed E-state index contributed by atoms with van der Waals surface area (Å²) in [5.41, 5.74) is 7.31. The van der Waals surface area contributed by atoms with E-state index in [1.807, 2.05) is 20.8 Å². The number of carboxylic acid groups (broad SMARTS) is 1. The lowest BCUT2D eigenvalue weighted by molar-refractivity contribution is -0.131. The third-order valence-corrected chi connectivity index (χ3v) is 6.45. The Bertz CT molecular complexity index is 1250. The molecule has 11 nitrogen and oxygen atoms in total. The second-order valence-electron chi connectivity index (χ2n) is 9.42. The Balaban J connectivity index is 1.89. The first kappa shape index (κ1) is 29.6. The molecule has 5 N–H and O–H groups in total. The van der Waals surface area contributed by atoms with Crippen LogP contribution in [0.2, 0.25) is 5.02 Å². The lowest BCUT2D eigenvalue weighted by atomic mass is 9.97. The van der Waals surface area contributed by atoms with E-state index >= 15 is 0 Å². The molecule has 0 aromatic heterocycles. The highest BCUT2D eigenvalue weighted by molar-refractivity contribution is 6.30. The maximum absolute atomic E-state index is 13.7. The molecule has 0 aliphatic carbocycles. The smallest absolute Gasteiger partial charge is 0.337 e. The standard InChI is InChI=1S/C27H34ClN5O6/c1-5-22(16-6-8-20(26(35)36)21(29)12-16)31-27(37)33-14-24(32-39-15(2)3)30-13-18(25(33)34)10-17-11-19(28)7-9-23(17)38-4/h6-9,11-12,15,18,22H,5,10,13-14,29H2,1-4H3,(H,30,32)(H,31,37)(H,35,36). The largest absolute Gasteiger partial charge is 0.496 e. The number of carbonyl (C=O) groups excluding carboxylic acids is 2. The normalized spacial score (nSPS) is 17.4. The van der Waals surface area contributed by atoms with Crippen LogP contribution in [0.1, 0.15) is 54.7 Å². The van der Waals surface area contributed by atoms with Crippen LogP contribution in [0.3, 0.4) is 0 Å². The third-order valence-electron chi connectivity index (χ3n) is 6.22. The molecule has 3 rings (SSSR count). The van der Waals surface area contributed by atoms with Gasteiger partial charge in [-0.15, -0.1) is 0 Å². The van der Waals surface area contributed by atoms with Crippen molar-refractivity contribution in [3.63, 3.8) is 0 Å². The Morgan fingerprint density at radius 2 is 2.03 bits per heavy atom. The van der Waals surface area contributed by atoms with Crippen molar-refractivity contribution >= 4 is 41.0 Å². The molecule has 1 heterocycles. The highest BCUT2D eigenvalue weighted by atomic mass is 35.5. The average Bonchev–Trinajstić information content (AvgIpc) is 3.04. The summed E-state index contributed by atoms with van der Waals surface area (Å²) in [4.78, 5) is 45.0. The Labute approximate surface area is 232 Å². The minimum atomic E-state index is -1.14. The Kier molecular flexibility index (Phi) is 10.00. The predicted molar refractivity (Wildman–Crippen MR) is 148 cm³/mol. The van der Waals surface area contributed by atoms with E-state index in [1.54, 1.807) is 24.3 Å². The molecular formula is C27H34ClN5O6. The van der Waals surface area contributed by atoms with Crippen LogP contribution in [0, 0.1) is 5.92 Å². The summed E-state index contributed by atoms with van der Waals surface area (Å²) in [6, 6.07) is 8.52. The van der Waals surface area contributed by atoms with E-state index in [0.717, 1.165) is 10.5 Å². The number of anilines is 1. The third kappa shape index (κ3) is 7.53. The van der Waals surface area contributed by atoms with Crippen LogP contribution in [-0.2, 0) is 16.1 Å². The number of aromatic carboxylic acids is 1. The fourth-order valence-electron chi connectivity index (χ4n) is 4.21. The van der Waals surface area contributed by atoms with E-state index in [-0.39, 0.29) is 36.9 Å². The number of ether oxygens (including phenoxy) is 1. The van der Waals surface area contributed by atoms with Crippen LogP contribution < -0.4 is 21.1 Å². The van der Waals surface area contributed by atoms with Crippen LogP contribution in [-0.4, -0.2) is 60.1 Å². The fourth-order valence-corrected chi connectivity index (χ4v) is 4.40. The minimum Gasteiger partial charge on any atom is -0.496 e. The number of nitrogen functional groups attached to an aromatic ring is 1. The number of carboxylic acids is 1. The Morgan fingerprint density at radius 1 is 1.28 bits per heavy atom. The zero-order valence-corrected chi connectivity index (χ0v) is 23.1. The summed E-state index contributed by atoms with van der Waals surface area (Å²) < 4.78 is 5.44. The molecule has 2 unspecified atom stereocenters. The predicted octanol–water partition coefficient (Wildman–Crippen LogP) is 3.82. The molecule has 1 fully saturated rings. The number of urea groups is 1. The van der Waals surface area contributed by atoms with E-state index in [4.69, 9.17) is 26.9 Å². The van der Waals surface area contributed by atoms with E-state index in [9.17, 15) is 19.5 Å². The van der Waals surface area contributed by atoms with Gasteiger partial charge in [0, 0.05) is 17.3 Å². The molecule has 3 amide bonds. The molecule has 2 atom stereocenters. The average molecular weight is 560 g/mol. The fraction of sp³-hybridized carbons (Fsp3) is 0.407. The van der Waals surface area contributed by atoms with Crippen molar-refractivity contribution in [1.82, 2.24) is 15.5 Å². The molecular weight excluding hydrogens is 526 g/mol. The molecule has 0 bridgehead atoms. The zero-order valence-electron chi connectivity index (χ0n) is 22.4. The van der Waals surface area contributed by atoms with Gasteiger partial charge in [-0.1, -0.05) is 29.7 Å². The highest BCUT2D eigenvalue weighted by Crippen LogP contribution is 2.27. The number of oxime groups is 1. The summed E-state index contributed by atoms with van der Waals surface area (Å²) in [5.74, 6) is -1.28. The van der Waals surface area contributed by atoms with Gasteiger partial charge >= 0.3 is 12.0 Å². The van der Waals surface area contributed by atoms with Crippen molar-refractivity contribution in [2.24, 2.45) is 11.1 Å². The van der Waals surface area contributed by atoms with Crippen molar-refractivity contribution in [2.75, 3.05) is 25.9 Å². The van der Waals surface area contributed by atoms with E-state index in [0.29, 0.717) is 28.6 Å². The number of carbonyl (C=O) groups is 3. The first-order chi connectivity index (χ1) is 18.5. The lowest BCUT2D eigenvalue weighted by Crippen LogP contribution is -2.48. The molecule has 210 valence electrons. The minimum absolute atomic E-state index is 0.0287. The van der Waals surface area contributed by atoms with E-state index < -0.39 is 29.9 Å². The van der Waals surface area contributed by atoms with Crippen molar-refractivity contribution in [2.45, 2.75) is 45.8 Å². The highest BCUT2D eigenvalue weighted by Gasteiger charge is 2.35. The topological polar surface area (TPSA) is 156 Å². The maximum atomic E-state index is 13.7. The molecule has 39 heavy (non-hydrogen) atoms. The van der Waals surface area contributed by atoms with Gasteiger partial charge in [0.25, 0.3) is 0 Å². The summed E-state index contributed by atoms with van der Waals surface area (Å²) in [6.07, 6.45) is 0.538. The van der Waals surface area contributed by atoms with Gasteiger partial charge in [-0.05, 0) is 68.1 Å². The molecule has 1 aliphatic heterocycles. The quantitative estimate of drug-likeness (QED) is 0.267. The van der Waals surface area contributed by atoms with E-state index in [2.05, 4.69) is 15.8 Å². The molecule has 2 aromatic carbocycles. The van der Waals surface area contributed by atoms with Gasteiger partial charge in [0.2, 0.25) is 5.91 Å². The number of hydrogen-bond donors (Lipinski definition) is 4. The van der Waals surface area contributed by atoms with E-state index in [1.165, 1.54) is 19.2 Å². The van der Waals surface area contributed by atoms with Gasteiger partial charge in [0.1, 0.15) is 11.9 Å². The van der Waals surface area contributed by atoms with Crippen molar-refractivity contribution in [3.05, 3.63) is 58.1 Å². The maximum Gasteiger partial charge on any atom is 0.337 e. The van der Waals surface area contributed by atoms with Crippen LogP contribution in [0.15, 0.2) is 41.6 Å². The first-order valence-corrected chi connectivity index (χ1v) is 12.9. The number of amidine groups is 1. The number of rotatable bonds is 9. The number of nitrogens with zero attached hydrogens (tertiary/aromatic N) is 2. The number of amides is 3. The van der Waals surface area contributed by atoms with Crippen LogP contribution in [0.25, 0.3) is 0 Å². The summed E-state index contributed by atoms with van der Waals surface area (Å²) in [7, 11) is 1.54. The lowest BCUT2D eigenvalue weighted by Gasteiger charge is -2.26. The van der Waals surface area contributed by atoms with Gasteiger partial charge < -0.3 is 31.0 Å². The van der Waals surface area contributed by atoms with Crippen molar-refractivity contribution < 1.29 is 29.1 Å². The molecule has 1 saturated heterocycles. The molecule has 1 aliphatic rings. The van der Waals surface area contributed by atoms with Crippen LogP contribution in [0.4, 0.5) is 10.5 Å². The monoisotopic (exact) mass is 559 g/mol. The van der Waals surface area contributed by atoms with Crippen molar-refractivity contribution in [3.8, 4) is 5.75 Å². The number of methoxy groups -OCH3 is 1. The van der Waals surface area contributed by atoms with Crippen molar-refractivity contribution in [1.29, 1.82) is 0 Å².